The van der Waals surface area contributed by atoms with Crippen LogP contribution in [0.2, 0.25) is 0 Å². The topological polar surface area (TPSA) is 96.7 Å². The van der Waals surface area contributed by atoms with E-state index in [0.717, 1.165) is 17.5 Å². The number of para-hydroxylation sites is 1. The lowest BCUT2D eigenvalue weighted by atomic mass is 10.1. The van der Waals surface area contributed by atoms with Gasteiger partial charge in [0.15, 0.2) is 0 Å². The van der Waals surface area contributed by atoms with Crippen LogP contribution in [0.15, 0.2) is 58.5 Å². The van der Waals surface area contributed by atoms with Crippen molar-refractivity contribution in [3.63, 3.8) is 0 Å². The molecule has 0 amide bonds. The zero-order valence-corrected chi connectivity index (χ0v) is 17.6. The summed E-state index contributed by atoms with van der Waals surface area (Å²) in [4.78, 5) is 11.3. The van der Waals surface area contributed by atoms with E-state index < -0.39 is 38.7 Å². The number of rotatable bonds is 5. The van der Waals surface area contributed by atoms with Gasteiger partial charge in [-0.15, -0.1) is 0 Å². The van der Waals surface area contributed by atoms with Gasteiger partial charge in [-0.2, -0.15) is 4.31 Å². The summed E-state index contributed by atoms with van der Waals surface area (Å²) in [6.07, 6.45) is 0.297. The highest BCUT2D eigenvalue weighted by Crippen LogP contribution is 2.35. The first-order valence-corrected chi connectivity index (χ1v) is 11.9. The lowest BCUT2D eigenvalue weighted by Crippen LogP contribution is -2.44. The molecule has 0 spiro atoms. The average molecular weight is 451 g/mol. The Balaban J connectivity index is 1.76. The maximum absolute atomic E-state index is 13.2. The summed E-state index contributed by atoms with van der Waals surface area (Å²) < 4.78 is 55.0. The molecule has 2 aromatic carbocycles. The zero-order valence-electron chi connectivity index (χ0n) is 16.0. The third-order valence-electron chi connectivity index (χ3n) is 5.32. The van der Waals surface area contributed by atoms with Gasteiger partial charge in [-0.1, -0.05) is 18.2 Å². The van der Waals surface area contributed by atoms with Crippen LogP contribution < -0.4 is 0 Å². The summed E-state index contributed by atoms with van der Waals surface area (Å²) in [5.74, 6) is -1.54. The SMILES string of the molecule is CN([C@H]1Cc2c(n(CC(=O)O)c3ccccc23)S(=O)C1)S(=O)(=O)c1ccc(F)cc1. The molecule has 3 aromatic rings. The monoisotopic (exact) mass is 450 g/mol. The Bertz CT molecular complexity index is 1270. The summed E-state index contributed by atoms with van der Waals surface area (Å²) in [5.41, 5.74) is 1.35. The standard InChI is InChI=1S/C20H19FN2O5S2/c1-22(30(27,28)15-8-6-13(21)7-9-15)14-10-17-16-4-2-3-5-18(16)23(11-19(24)25)20(17)29(26)12-14/h2-9,14H,10-12H2,1H3,(H,24,25)/t14-,29?/m0/s1. The van der Waals surface area contributed by atoms with E-state index in [1.807, 2.05) is 6.07 Å². The number of likely N-dealkylation sites (N-methyl/N-ethyl adjacent to an activating group) is 1. The van der Waals surface area contributed by atoms with E-state index in [9.17, 15) is 26.9 Å². The number of carboxylic acid groups (broad SMARTS) is 1. The van der Waals surface area contributed by atoms with Crippen molar-refractivity contribution in [3.8, 4) is 0 Å². The number of nitrogens with zero attached hydrogens (tertiary/aromatic N) is 2. The molecule has 0 radical (unpaired) electrons. The molecular weight excluding hydrogens is 431 g/mol. The van der Waals surface area contributed by atoms with Gasteiger partial charge >= 0.3 is 5.97 Å². The molecule has 1 unspecified atom stereocenters. The van der Waals surface area contributed by atoms with Crippen molar-refractivity contribution in [3.05, 3.63) is 59.9 Å². The molecule has 4 rings (SSSR count). The van der Waals surface area contributed by atoms with Crippen molar-refractivity contribution >= 4 is 37.7 Å². The van der Waals surface area contributed by atoms with E-state index in [2.05, 4.69) is 0 Å². The van der Waals surface area contributed by atoms with Crippen LogP contribution in [0.3, 0.4) is 0 Å². The molecule has 0 saturated heterocycles. The third kappa shape index (κ3) is 3.44. The Kier molecular flexibility index (Phi) is 5.25. The molecule has 10 heteroatoms. The smallest absolute Gasteiger partial charge is 0.323 e. The number of halogens is 1. The molecule has 30 heavy (non-hydrogen) atoms. The largest absolute Gasteiger partial charge is 0.480 e. The lowest BCUT2D eigenvalue weighted by Gasteiger charge is -2.30. The number of fused-ring (bicyclic) bond motifs is 3. The van der Waals surface area contributed by atoms with Gasteiger partial charge in [0.1, 0.15) is 17.4 Å². The maximum Gasteiger partial charge on any atom is 0.323 e. The molecule has 7 nitrogen and oxygen atoms in total. The number of aliphatic carboxylic acids is 1. The van der Waals surface area contributed by atoms with Crippen molar-refractivity contribution < 1.29 is 26.9 Å². The number of benzene rings is 2. The second kappa shape index (κ2) is 7.60. The van der Waals surface area contributed by atoms with E-state index >= 15 is 0 Å². The predicted octanol–water partition coefficient (Wildman–Crippen LogP) is 2.22. The van der Waals surface area contributed by atoms with Crippen LogP contribution in [-0.4, -0.2) is 51.4 Å². The number of carboxylic acids is 1. The Morgan fingerprint density at radius 1 is 1.23 bits per heavy atom. The minimum atomic E-state index is -3.92. The summed E-state index contributed by atoms with van der Waals surface area (Å²) in [5, 5.41) is 10.5. The van der Waals surface area contributed by atoms with E-state index in [4.69, 9.17) is 0 Å². The quantitative estimate of drug-likeness (QED) is 0.643. The van der Waals surface area contributed by atoms with Crippen LogP contribution in [0.5, 0.6) is 0 Å². The van der Waals surface area contributed by atoms with Gasteiger partial charge in [-0.05, 0) is 42.3 Å². The normalized spacial score (nSPS) is 19.2. The highest BCUT2D eigenvalue weighted by molar-refractivity contribution is 7.89. The second-order valence-corrected chi connectivity index (χ2v) is 10.5. The number of hydrogen-bond acceptors (Lipinski definition) is 4. The molecule has 0 bridgehead atoms. The minimum Gasteiger partial charge on any atom is -0.480 e. The molecular formula is C20H19FN2O5S2. The summed E-state index contributed by atoms with van der Waals surface area (Å²) in [6, 6.07) is 11.1. The Hall–Kier alpha value is -2.56. The van der Waals surface area contributed by atoms with Gasteiger partial charge < -0.3 is 9.67 Å². The molecule has 2 atom stereocenters. The van der Waals surface area contributed by atoms with Gasteiger partial charge in [0.2, 0.25) is 10.0 Å². The number of aromatic nitrogens is 1. The number of carbonyl (C=O) groups is 1. The molecule has 0 aliphatic carbocycles. The minimum absolute atomic E-state index is 0.0415. The fourth-order valence-corrected chi connectivity index (χ4v) is 7.03. The maximum atomic E-state index is 13.2. The van der Waals surface area contributed by atoms with E-state index in [0.29, 0.717) is 22.5 Å². The van der Waals surface area contributed by atoms with Gasteiger partial charge in [-0.3, -0.25) is 9.00 Å². The molecule has 1 N–H and O–H groups in total. The third-order valence-corrected chi connectivity index (χ3v) is 8.83. The summed E-state index contributed by atoms with van der Waals surface area (Å²) >= 11 is 0. The fourth-order valence-electron chi connectivity index (χ4n) is 3.85. The van der Waals surface area contributed by atoms with Crippen molar-refractivity contribution in [2.45, 2.75) is 28.9 Å². The predicted molar refractivity (Wildman–Crippen MR) is 110 cm³/mol. The Morgan fingerprint density at radius 3 is 2.57 bits per heavy atom. The summed E-state index contributed by atoms with van der Waals surface area (Å²) in [6.45, 7) is -0.323. The molecule has 1 aromatic heterocycles. The fraction of sp³-hybridized carbons (Fsp3) is 0.250. The second-order valence-electron chi connectivity index (χ2n) is 7.13. The van der Waals surface area contributed by atoms with Crippen molar-refractivity contribution in [1.29, 1.82) is 0 Å². The average Bonchev–Trinajstić information content (AvgIpc) is 3.01. The molecule has 2 heterocycles. The van der Waals surface area contributed by atoms with Gasteiger partial charge in [-0.25, -0.2) is 12.8 Å². The van der Waals surface area contributed by atoms with Crippen molar-refractivity contribution in [1.82, 2.24) is 8.87 Å². The highest BCUT2D eigenvalue weighted by atomic mass is 32.2. The van der Waals surface area contributed by atoms with E-state index in [1.165, 1.54) is 28.1 Å². The van der Waals surface area contributed by atoms with Crippen LogP contribution in [0.4, 0.5) is 4.39 Å². The van der Waals surface area contributed by atoms with E-state index in [1.54, 1.807) is 18.2 Å². The van der Waals surface area contributed by atoms with Crippen LogP contribution in [0.1, 0.15) is 5.56 Å². The Morgan fingerprint density at radius 2 is 1.90 bits per heavy atom. The molecule has 1 aliphatic heterocycles. The number of sulfonamides is 1. The van der Waals surface area contributed by atoms with Gasteiger partial charge in [0.05, 0.1) is 15.7 Å². The zero-order chi connectivity index (χ0) is 21.6. The van der Waals surface area contributed by atoms with E-state index in [-0.39, 0.29) is 17.2 Å². The first-order valence-electron chi connectivity index (χ1n) is 9.14. The lowest BCUT2D eigenvalue weighted by molar-refractivity contribution is -0.137. The van der Waals surface area contributed by atoms with Crippen LogP contribution >= 0.6 is 0 Å². The van der Waals surface area contributed by atoms with Crippen LogP contribution in [0, 0.1) is 5.82 Å². The first-order chi connectivity index (χ1) is 14.2. The van der Waals surface area contributed by atoms with Crippen LogP contribution in [-0.2, 0) is 38.6 Å². The first kappa shape index (κ1) is 20.7. The summed E-state index contributed by atoms with van der Waals surface area (Å²) in [7, 11) is -4.08. The molecule has 1 aliphatic rings. The van der Waals surface area contributed by atoms with Crippen molar-refractivity contribution in [2.24, 2.45) is 0 Å². The molecule has 0 fully saturated rings. The molecule has 158 valence electrons. The van der Waals surface area contributed by atoms with Crippen molar-refractivity contribution in [2.75, 3.05) is 12.8 Å². The number of hydrogen-bond donors (Lipinski definition) is 1. The highest BCUT2D eigenvalue weighted by Gasteiger charge is 2.37. The van der Waals surface area contributed by atoms with Gasteiger partial charge in [0, 0.05) is 29.7 Å². The molecule has 0 saturated carbocycles. The van der Waals surface area contributed by atoms with Gasteiger partial charge in [0.25, 0.3) is 0 Å². The van der Waals surface area contributed by atoms with Crippen LogP contribution in [0.25, 0.3) is 10.9 Å². The Labute approximate surface area is 175 Å².